The number of carbonyl (C=O) groups is 1. The summed E-state index contributed by atoms with van der Waals surface area (Å²) < 4.78 is 4.91. The number of nitrogens with one attached hydrogen (secondary N) is 1. The average Bonchev–Trinajstić information content (AvgIpc) is 3.15. The second kappa shape index (κ2) is 6.68. The Hall–Kier alpha value is -3.77. The Bertz CT molecular complexity index is 1410. The average molecular weight is 383 g/mol. The first-order valence-electron chi connectivity index (χ1n) is 9.19. The molecule has 0 spiro atoms. The van der Waals surface area contributed by atoms with Gasteiger partial charge in [0.15, 0.2) is 0 Å². The van der Waals surface area contributed by atoms with Crippen molar-refractivity contribution in [2.45, 2.75) is 6.61 Å². The van der Waals surface area contributed by atoms with E-state index in [1.165, 1.54) is 7.11 Å². The van der Waals surface area contributed by atoms with Crippen LogP contribution >= 0.6 is 0 Å². The number of nitrogens with zero attached hydrogens (tertiary/aromatic N) is 2. The molecule has 0 aliphatic heterocycles. The molecule has 0 fully saturated rings. The van der Waals surface area contributed by atoms with Crippen molar-refractivity contribution in [3.63, 3.8) is 0 Å². The van der Waals surface area contributed by atoms with Gasteiger partial charge < -0.3 is 14.8 Å². The highest BCUT2D eigenvalue weighted by atomic mass is 16.5. The van der Waals surface area contributed by atoms with Crippen LogP contribution in [0.15, 0.2) is 60.7 Å². The summed E-state index contributed by atoms with van der Waals surface area (Å²) in [5.41, 5.74) is 4.35. The Kier molecular flexibility index (Phi) is 4.00. The molecule has 6 nitrogen and oxygen atoms in total. The minimum atomic E-state index is -0.523. The Morgan fingerprint density at radius 3 is 2.62 bits per heavy atom. The normalized spacial score (nSPS) is 11.4. The minimum absolute atomic E-state index is 0.193. The molecule has 0 amide bonds. The summed E-state index contributed by atoms with van der Waals surface area (Å²) in [7, 11) is 1.33. The van der Waals surface area contributed by atoms with Gasteiger partial charge in [-0.25, -0.2) is 14.8 Å². The molecule has 6 heteroatoms. The Balaban J connectivity index is 1.91. The largest absolute Gasteiger partial charge is 0.464 e. The van der Waals surface area contributed by atoms with Crippen LogP contribution in [0.4, 0.5) is 0 Å². The van der Waals surface area contributed by atoms with Crippen LogP contribution in [-0.2, 0) is 11.3 Å². The van der Waals surface area contributed by atoms with Gasteiger partial charge in [0.25, 0.3) is 0 Å². The quantitative estimate of drug-likeness (QED) is 0.456. The highest BCUT2D eigenvalue weighted by molar-refractivity contribution is 6.12. The second-order valence-corrected chi connectivity index (χ2v) is 6.79. The van der Waals surface area contributed by atoms with Gasteiger partial charge in [0.1, 0.15) is 11.4 Å². The molecule has 5 aromatic rings. The van der Waals surface area contributed by atoms with E-state index in [4.69, 9.17) is 9.72 Å². The number of esters is 1. The number of hydrogen-bond acceptors (Lipinski definition) is 5. The molecule has 0 saturated heterocycles. The number of hydrogen-bond donors (Lipinski definition) is 2. The first kappa shape index (κ1) is 17.3. The smallest absolute Gasteiger partial charge is 0.356 e. The Morgan fingerprint density at radius 2 is 1.79 bits per heavy atom. The number of methoxy groups -OCH3 is 1. The summed E-state index contributed by atoms with van der Waals surface area (Å²) in [4.78, 5) is 25.0. The van der Waals surface area contributed by atoms with Crippen LogP contribution in [0.5, 0.6) is 0 Å². The van der Waals surface area contributed by atoms with Gasteiger partial charge in [-0.3, -0.25) is 0 Å². The third-order valence-corrected chi connectivity index (χ3v) is 5.09. The number of ether oxygens (including phenoxy) is 1. The molecular formula is C23H17N3O3. The van der Waals surface area contributed by atoms with E-state index < -0.39 is 5.97 Å². The molecule has 29 heavy (non-hydrogen) atoms. The molecule has 3 heterocycles. The third kappa shape index (κ3) is 2.73. The van der Waals surface area contributed by atoms with Gasteiger partial charge in [-0.05, 0) is 24.3 Å². The van der Waals surface area contributed by atoms with Gasteiger partial charge >= 0.3 is 5.97 Å². The fourth-order valence-corrected chi connectivity index (χ4v) is 3.71. The monoisotopic (exact) mass is 383 g/mol. The van der Waals surface area contributed by atoms with Gasteiger partial charge in [0, 0.05) is 27.2 Å². The number of rotatable bonds is 3. The van der Waals surface area contributed by atoms with Crippen molar-refractivity contribution in [3.8, 4) is 11.4 Å². The molecule has 0 unspecified atom stereocenters. The van der Waals surface area contributed by atoms with Gasteiger partial charge in [-0.1, -0.05) is 36.4 Å². The predicted octanol–water partition coefficient (Wildman–Crippen LogP) is 4.21. The SMILES string of the molecule is COC(=O)c1cc2c([nH]c3ccccc32)c(-c2nc3ccccc3cc2CO)n1. The molecule has 0 radical (unpaired) electrons. The van der Waals surface area contributed by atoms with E-state index in [0.29, 0.717) is 17.0 Å². The van der Waals surface area contributed by atoms with Gasteiger partial charge in [0.05, 0.1) is 30.4 Å². The van der Waals surface area contributed by atoms with E-state index in [1.807, 2.05) is 54.6 Å². The number of aromatic amines is 1. The molecule has 5 rings (SSSR count). The zero-order chi connectivity index (χ0) is 20.0. The van der Waals surface area contributed by atoms with E-state index in [2.05, 4.69) is 9.97 Å². The summed E-state index contributed by atoms with van der Waals surface area (Å²) in [6.45, 7) is -0.195. The minimum Gasteiger partial charge on any atom is -0.464 e. The summed E-state index contributed by atoms with van der Waals surface area (Å²) in [6.07, 6.45) is 0. The first-order chi connectivity index (χ1) is 14.2. The fourth-order valence-electron chi connectivity index (χ4n) is 3.71. The van der Waals surface area contributed by atoms with Crippen molar-refractivity contribution in [2.75, 3.05) is 7.11 Å². The van der Waals surface area contributed by atoms with Crippen LogP contribution in [0.3, 0.4) is 0 Å². The predicted molar refractivity (Wildman–Crippen MR) is 112 cm³/mol. The molecule has 0 bridgehead atoms. The summed E-state index contributed by atoms with van der Waals surface area (Å²) in [5.74, 6) is -0.523. The molecule has 2 N–H and O–H groups in total. The molecule has 142 valence electrons. The number of aliphatic hydroxyl groups is 1. The van der Waals surface area contributed by atoms with Crippen molar-refractivity contribution in [3.05, 3.63) is 71.9 Å². The molecular weight excluding hydrogens is 366 g/mol. The van der Waals surface area contributed by atoms with Crippen molar-refractivity contribution >= 4 is 38.7 Å². The molecule has 0 aliphatic rings. The number of H-pyrrole nitrogens is 1. The van der Waals surface area contributed by atoms with Crippen molar-refractivity contribution in [2.24, 2.45) is 0 Å². The van der Waals surface area contributed by atoms with Gasteiger partial charge in [-0.2, -0.15) is 0 Å². The second-order valence-electron chi connectivity index (χ2n) is 6.79. The zero-order valence-corrected chi connectivity index (χ0v) is 15.6. The lowest BCUT2D eigenvalue weighted by molar-refractivity contribution is 0.0594. The van der Waals surface area contributed by atoms with E-state index >= 15 is 0 Å². The van der Waals surface area contributed by atoms with Crippen molar-refractivity contribution < 1.29 is 14.6 Å². The van der Waals surface area contributed by atoms with E-state index in [1.54, 1.807) is 6.07 Å². The van der Waals surface area contributed by atoms with Crippen LogP contribution in [0.2, 0.25) is 0 Å². The van der Waals surface area contributed by atoms with Crippen molar-refractivity contribution in [1.29, 1.82) is 0 Å². The third-order valence-electron chi connectivity index (χ3n) is 5.09. The number of carbonyl (C=O) groups excluding carboxylic acids is 1. The Morgan fingerprint density at radius 1 is 1.00 bits per heavy atom. The van der Waals surface area contributed by atoms with Crippen molar-refractivity contribution in [1.82, 2.24) is 15.0 Å². The standard InChI is InChI=1S/C23H17N3O3/c1-29-23(28)19-11-16-15-7-3-5-9-18(15)25-21(16)22(26-19)20-14(12-27)10-13-6-2-4-8-17(13)24-20/h2-11,25,27H,12H2,1H3. The van der Waals surface area contributed by atoms with Crippen LogP contribution in [0, 0.1) is 0 Å². The van der Waals surface area contributed by atoms with Crippen LogP contribution in [0.25, 0.3) is 44.1 Å². The number of fused-ring (bicyclic) bond motifs is 4. The van der Waals surface area contributed by atoms with E-state index in [0.717, 1.165) is 32.7 Å². The van der Waals surface area contributed by atoms with Crippen LogP contribution < -0.4 is 0 Å². The fraction of sp³-hybridized carbons (Fsp3) is 0.0870. The maximum absolute atomic E-state index is 12.3. The maximum atomic E-state index is 12.3. The number of aliphatic hydroxyl groups excluding tert-OH is 1. The first-order valence-corrected chi connectivity index (χ1v) is 9.19. The lowest BCUT2D eigenvalue weighted by Gasteiger charge is -2.11. The zero-order valence-electron chi connectivity index (χ0n) is 15.6. The van der Waals surface area contributed by atoms with Gasteiger partial charge in [0.2, 0.25) is 0 Å². The summed E-state index contributed by atoms with van der Waals surface area (Å²) in [5, 5.41) is 12.8. The summed E-state index contributed by atoms with van der Waals surface area (Å²) >= 11 is 0. The molecule has 0 aliphatic carbocycles. The van der Waals surface area contributed by atoms with E-state index in [-0.39, 0.29) is 12.3 Å². The molecule has 0 saturated carbocycles. The number of aromatic nitrogens is 3. The van der Waals surface area contributed by atoms with Crippen LogP contribution in [-0.4, -0.2) is 33.1 Å². The Labute approximate surface area is 165 Å². The lowest BCUT2D eigenvalue weighted by Crippen LogP contribution is -2.06. The highest BCUT2D eigenvalue weighted by Gasteiger charge is 2.20. The highest BCUT2D eigenvalue weighted by Crippen LogP contribution is 2.34. The topological polar surface area (TPSA) is 88.1 Å². The lowest BCUT2D eigenvalue weighted by atomic mass is 10.0. The molecule has 3 aromatic heterocycles. The summed E-state index contributed by atoms with van der Waals surface area (Å²) in [6, 6.07) is 19.2. The number of pyridine rings is 2. The number of benzene rings is 2. The molecule has 0 atom stereocenters. The van der Waals surface area contributed by atoms with Gasteiger partial charge in [-0.15, -0.1) is 0 Å². The molecule has 2 aromatic carbocycles. The maximum Gasteiger partial charge on any atom is 0.356 e. The van der Waals surface area contributed by atoms with Crippen LogP contribution in [0.1, 0.15) is 16.1 Å². The van der Waals surface area contributed by atoms with E-state index in [9.17, 15) is 9.90 Å². The number of para-hydroxylation sites is 2.